The zero-order chi connectivity index (χ0) is 19.1. The van der Waals surface area contributed by atoms with Crippen LogP contribution in [0, 0.1) is 0 Å². The Kier molecular flexibility index (Phi) is 7.10. The van der Waals surface area contributed by atoms with Gasteiger partial charge in [-0.05, 0) is 53.8 Å². The van der Waals surface area contributed by atoms with Crippen molar-refractivity contribution >= 4 is 29.3 Å². The molecule has 0 aliphatic heterocycles. The van der Waals surface area contributed by atoms with E-state index in [4.69, 9.17) is 21.1 Å². The molecule has 1 N–H and O–H groups in total. The normalized spacial score (nSPS) is 10.8. The highest BCUT2D eigenvalue weighted by Crippen LogP contribution is 2.30. The predicted molar refractivity (Wildman–Crippen MR) is 107 cm³/mol. The molecule has 2 rings (SSSR count). The van der Waals surface area contributed by atoms with Crippen LogP contribution in [0.5, 0.6) is 11.5 Å². The van der Waals surface area contributed by atoms with Gasteiger partial charge in [-0.2, -0.15) is 0 Å². The Morgan fingerprint density at radius 3 is 2.42 bits per heavy atom. The smallest absolute Gasteiger partial charge is 0.248 e. The number of nitrogens with one attached hydrogen (secondary N) is 1. The van der Waals surface area contributed by atoms with Crippen LogP contribution in [-0.4, -0.2) is 20.1 Å². The molecule has 0 bridgehead atoms. The third kappa shape index (κ3) is 4.58. The molecule has 0 atom stereocenters. The molecule has 1 amide bonds. The van der Waals surface area contributed by atoms with Crippen LogP contribution in [0.25, 0.3) is 6.08 Å². The minimum atomic E-state index is -0.202. The van der Waals surface area contributed by atoms with Gasteiger partial charge in [-0.1, -0.05) is 37.6 Å². The second kappa shape index (κ2) is 9.30. The molecule has 0 aliphatic carbocycles. The Labute approximate surface area is 159 Å². The number of benzene rings is 2. The molecule has 5 heteroatoms. The Hall–Kier alpha value is -2.46. The number of hydrogen-bond acceptors (Lipinski definition) is 3. The van der Waals surface area contributed by atoms with Gasteiger partial charge in [-0.25, -0.2) is 0 Å². The van der Waals surface area contributed by atoms with Crippen LogP contribution in [0.4, 0.5) is 5.69 Å². The molecule has 0 saturated heterocycles. The summed E-state index contributed by atoms with van der Waals surface area (Å²) in [6.45, 7) is 4.08. The fraction of sp³-hybridized carbons (Fsp3) is 0.286. The summed E-state index contributed by atoms with van der Waals surface area (Å²) in [5.41, 5.74) is 3.68. The number of anilines is 1. The lowest BCUT2D eigenvalue weighted by atomic mass is 10.0. The number of rotatable bonds is 7. The van der Waals surface area contributed by atoms with Crippen molar-refractivity contribution in [2.75, 3.05) is 19.5 Å². The van der Waals surface area contributed by atoms with Crippen LogP contribution in [0.1, 0.15) is 30.5 Å². The second-order valence-corrected chi connectivity index (χ2v) is 6.11. The van der Waals surface area contributed by atoms with E-state index in [1.165, 1.54) is 6.08 Å². The molecule has 0 spiro atoms. The zero-order valence-corrected chi connectivity index (χ0v) is 16.3. The summed E-state index contributed by atoms with van der Waals surface area (Å²) < 4.78 is 10.5. The van der Waals surface area contributed by atoms with Crippen molar-refractivity contribution in [1.29, 1.82) is 0 Å². The summed E-state index contributed by atoms with van der Waals surface area (Å²) in [6.07, 6.45) is 4.81. The van der Waals surface area contributed by atoms with Crippen molar-refractivity contribution in [3.63, 3.8) is 0 Å². The van der Waals surface area contributed by atoms with Crippen LogP contribution >= 0.6 is 11.6 Å². The van der Waals surface area contributed by atoms with E-state index in [9.17, 15) is 4.79 Å². The molecule has 2 aromatic rings. The molecule has 0 radical (unpaired) electrons. The fourth-order valence-electron chi connectivity index (χ4n) is 2.76. The molecule has 4 nitrogen and oxygen atoms in total. The molecule has 0 heterocycles. The van der Waals surface area contributed by atoms with Crippen LogP contribution < -0.4 is 14.8 Å². The molecule has 26 heavy (non-hydrogen) atoms. The summed E-state index contributed by atoms with van der Waals surface area (Å²) in [5.74, 6) is 1.06. The van der Waals surface area contributed by atoms with Crippen LogP contribution in [0.3, 0.4) is 0 Å². The molecule has 0 aliphatic rings. The number of hydrogen-bond donors (Lipinski definition) is 1. The third-order valence-corrected chi connectivity index (χ3v) is 4.51. The van der Waals surface area contributed by atoms with Gasteiger partial charge in [0, 0.05) is 16.8 Å². The maximum atomic E-state index is 12.4. The molecule has 0 aromatic heterocycles. The lowest BCUT2D eigenvalue weighted by molar-refractivity contribution is -0.111. The summed E-state index contributed by atoms with van der Waals surface area (Å²) in [6, 6.07) is 9.32. The third-order valence-electron chi connectivity index (χ3n) is 4.16. The number of amides is 1. The maximum absolute atomic E-state index is 12.4. The van der Waals surface area contributed by atoms with Crippen molar-refractivity contribution in [2.24, 2.45) is 0 Å². The Bertz CT molecular complexity index is 815. The van der Waals surface area contributed by atoms with E-state index in [2.05, 4.69) is 12.2 Å². The molecule has 2 aromatic carbocycles. The highest BCUT2D eigenvalue weighted by molar-refractivity contribution is 6.32. The average molecular weight is 374 g/mol. The first kappa shape index (κ1) is 19.9. The van der Waals surface area contributed by atoms with E-state index in [1.54, 1.807) is 26.4 Å². The van der Waals surface area contributed by atoms with Crippen molar-refractivity contribution in [3.05, 3.63) is 58.1 Å². The van der Waals surface area contributed by atoms with E-state index >= 15 is 0 Å². The molecular weight excluding hydrogens is 350 g/mol. The van der Waals surface area contributed by atoms with E-state index in [1.807, 2.05) is 31.2 Å². The number of aryl methyl sites for hydroxylation is 1. The first-order chi connectivity index (χ1) is 12.5. The molecular formula is C21H24ClNO3. The van der Waals surface area contributed by atoms with Gasteiger partial charge in [-0.3, -0.25) is 4.79 Å². The lowest BCUT2D eigenvalue weighted by Crippen LogP contribution is -2.12. The minimum Gasteiger partial charge on any atom is -0.493 e. The highest BCUT2D eigenvalue weighted by atomic mass is 35.5. The predicted octanol–water partition coefficient (Wildman–Crippen LogP) is 5.13. The van der Waals surface area contributed by atoms with Crippen molar-refractivity contribution in [2.45, 2.75) is 26.7 Å². The average Bonchev–Trinajstić information content (AvgIpc) is 2.66. The standard InChI is InChI=1S/C21H24ClNO3/c1-5-15-9-10-17(22)16(6-2)21(15)23-20(24)12-8-14-7-11-18(25-3)19(13-14)26-4/h7-13H,5-6H2,1-4H3,(H,23,24)/b12-8+. The van der Waals surface area contributed by atoms with Gasteiger partial charge in [-0.15, -0.1) is 0 Å². The molecule has 0 unspecified atom stereocenters. The number of ether oxygens (including phenoxy) is 2. The van der Waals surface area contributed by atoms with Gasteiger partial charge in [0.25, 0.3) is 0 Å². The van der Waals surface area contributed by atoms with Crippen molar-refractivity contribution in [3.8, 4) is 11.5 Å². The van der Waals surface area contributed by atoms with E-state index in [-0.39, 0.29) is 5.91 Å². The SMILES string of the molecule is CCc1ccc(Cl)c(CC)c1NC(=O)/C=C/c1ccc(OC)c(OC)c1. The van der Waals surface area contributed by atoms with Crippen LogP contribution in [0.2, 0.25) is 5.02 Å². The minimum absolute atomic E-state index is 0.202. The summed E-state index contributed by atoms with van der Waals surface area (Å²) >= 11 is 6.28. The number of methoxy groups -OCH3 is 2. The van der Waals surface area contributed by atoms with Gasteiger partial charge < -0.3 is 14.8 Å². The van der Waals surface area contributed by atoms with E-state index in [0.717, 1.165) is 35.2 Å². The highest BCUT2D eigenvalue weighted by Gasteiger charge is 2.12. The first-order valence-electron chi connectivity index (χ1n) is 8.55. The van der Waals surface area contributed by atoms with E-state index in [0.29, 0.717) is 16.5 Å². The van der Waals surface area contributed by atoms with Crippen molar-refractivity contribution < 1.29 is 14.3 Å². The van der Waals surface area contributed by atoms with Crippen molar-refractivity contribution in [1.82, 2.24) is 0 Å². The van der Waals surface area contributed by atoms with Gasteiger partial charge in [0.05, 0.1) is 14.2 Å². The lowest BCUT2D eigenvalue weighted by Gasteiger charge is -2.15. The maximum Gasteiger partial charge on any atom is 0.248 e. The van der Waals surface area contributed by atoms with Crippen LogP contribution in [0.15, 0.2) is 36.4 Å². The van der Waals surface area contributed by atoms with Gasteiger partial charge in [0.2, 0.25) is 5.91 Å². The molecule has 138 valence electrons. The Morgan fingerprint density at radius 1 is 1.08 bits per heavy atom. The second-order valence-electron chi connectivity index (χ2n) is 5.70. The number of carbonyl (C=O) groups excluding carboxylic acids is 1. The first-order valence-corrected chi connectivity index (χ1v) is 8.93. The van der Waals surface area contributed by atoms with Gasteiger partial charge in [0.15, 0.2) is 11.5 Å². The van der Waals surface area contributed by atoms with Gasteiger partial charge in [0.1, 0.15) is 0 Å². The molecule has 0 saturated carbocycles. The number of carbonyl (C=O) groups is 1. The Morgan fingerprint density at radius 2 is 1.81 bits per heavy atom. The topological polar surface area (TPSA) is 47.6 Å². The fourth-order valence-corrected chi connectivity index (χ4v) is 3.05. The summed E-state index contributed by atoms with van der Waals surface area (Å²) in [7, 11) is 3.16. The Balaban J connectivity index is 2.22. The van der Waals surface area contributed by atoms with E-state index < -0.39 is 0 Å². The monoisotopic (exact) mass is 373 g/mol. The number of halogens is 1. The van der Waals surface area contributed by atoms with Crippen LogP contribution in [-0.2, 0) is 17.6 Å². The molecule has 0 fully saturated rings. The quantitative estimate of drug-likeness (QED) is 0.684. The largest absolute Gasteiger partial charge is 0.493 e. The summed E-state index contributed by atoms with van der Waals surface area (Å²) in [4.78, 5) is 12.4. The summed E-state index contributed by atoms with van der Waals surface area (Å²) in [5, 5.41) is 3.65. The van der Waals surface area contributed by atoms with Gasteiger partial charge >= 0.3 is 0 Å². The zero-order valence-electron chi connectivity index (χ0n) is 15.6.